The first kappa shape index (κ1) is 19.2. The van der Waals surface area contributed by atoms with Crippen molar-refractivity contribution in [2.75, 3.05) is 13.1 Å². The van der Waals surface area contributed by atoms with Gasteiger partial charge in [-0.05, 0) is 29.8 Å². The number of carbonyl (C=O) groups is 1. The second-order valence-corrected chi connectivity index (χ2v) is 9.21. The molecule has 2 aromatic rings. The van der Waals surface area contributed by atoms with Crippen LogP contribution in [0.25, 0.3) is 0 Å². The number of hydrogen-bond donors (Lipinski definition) is 1. The highest BCUT2D eigenvalue weighted by Crippen LogP contribution is 2.27. The molecule has 0 aliphatic rings. The molecule has 1 aromatic carbocycles. The maximum absolute atomic E-state index is 12.5. The number of sulfonamides is 1. The Kier molecular flexibility index (Phi) is 6.65. The van der Waals surface area contributed by atoms with Gasteiger partial charge in [-0.3, -0.25) is 4.79 Å². The average molecular weight is 407 g/mol. The van der Waals surface area contributed by atoms with Crippen LogP contribution in [0.1, 0.15) is 12.5 Å². The summed E-state index contributed by atoms with van der Waals surface area (Å²) < 4.78 is 26.6. The van der Waals surface area contributed by atoms with Gasteiger partial charge in [0.05, 0.1) is 10.9 Å². The Bertz CT molecular complexity index is 804. The molecule has 0 unspecified atom stereocenters. The van der Waals surface area contributed by atoms with E-state index in [0.29, 0.717) is 15.9 Å². The molecule has 1 N–H and O–H groups in total. The van der Waals surface area contributed by atoms with E-state index in [1.165, 1.54) is 12.1 Å². The number of carbonyl (C=O) groups excluding carboxylic acids is 1. The average Bonchev–Trinajstić information content (AvgIpc) is 2.99. The van der Waals surface area contributed by atoms with Gasteiger partial charge in [0.25, 0.3) is 10.0 Å². The van der Waals surface area contributed by atoms with Crippen LogP contribution in [0, 0.1) is 0 Å². The molecule has 2 rings (SSSR count). The highest BCUT2D eigenvalue weighted by Gasteiger charge is 2.26. The van der Waals surface area contributed by atoms with Gasteiger partial charge in [0.2, 0.25) is 5.91 Å². The number of halogens is 2. The van der Waals surface area contributed by atoms with Gasteiger partial charge < -0.3 is 5.32 Å². The first-order valence-electron chi connectivity index (χ1n) is 7.09. The molecule has 9 heteroatoms. The first-order valence-corrected chi connectivity index (χ1v) is 10.1. The predicted molar refractivity (Wildman–Crippen MR) is 97.1 cm³/mol. The number of thiophene rings is 1. The van der Waals surface area contributed by atoms with Crippen molar-refractivity contribution < 1.29 is 13.2 Å². The predicted octanol–water partition coefficient (Wildman–Crippen LogP) is 3.38. The fourth-order valence-corrected chi connectivity index (χ4v) is 5.12. The normalized spacial score (nSPS) is 11.7. The van der Waals surface area contributed by atoms with E-state index in [1.54, 1.807) is 31.2 Å². The summed E-state index contributed by atoms with van der Waals surface area (Å²) in [6, 6.07) is 10.0. The van der Waals surface area contributed by atoms with E-state index in [0.717, 1.165) is 21.2 Å². The molecule has 24 heavy (non-hydrogen) atoms. The molecule has 0 atom stereocenters. The van der Waals surface area contributed by atoms with Crippen molar-refractivity contribution in [3.05, 3.63) is 51.3 Å². The molecule has 0 saturated heterocycles. The van der Waals surface area contributed by atoms with Gasteiger partial charge in [0.15, 0.2) is 0 Å². The molecule has 0 spiro atoms. The Morgan fingerprint density at radius 2 is 1.83 bits per heavy atom. The number of amides is 1. The maximum Gasteiger partial charge on any atom is 0.253 e. The zero-order chi connectivity index (χ0) is 17.7. The molecule has 0 saturated carbocycles. The standard InChI is InChI=1S/C15H16Cl2N2O3S2/c1-2-19(24(21,22)15-8-7-13(17)23-15)10-14(20)18-9-11-3-5-12(16)6-4-11/h3-8H,2,9-10H2,1H3,(H,18,20). The molecule has 0 radical (unpaired) electrons. The van der Waals surface area contributed by atoms with Gasteiger partial charge in [-0.25, -0.2) is 8.42 Å². The molecule has 1 aromatic heterocycles. The first-order chi connectivity index (χ1) is 11.3. The summed E-state index contributed by atoms with van der Waals surface area (Å²) in [5.74, 6) is -0.377. The lowest BCUT2D eigenvalue weighted by atomic mass is 10.2. The van der Waals surface area contributed by atoms with Gasteiger partial charge in [0, 0.05) is 18.1 Å². The van der Waals surface area contributed by atoms with Crippen LogP contribution in [0.5, 0.6) is 0 Å². The molecule has 0 aliphatic carbocycles. The largest absolute Gasteiger partial charge is 0.351 e. The second kappa shape index (κ2) is 8.31. The number of hydrogen-bond acceptors (Lipinski definition) is 4. The van der Waals surface area contributed by atoms with E-state index < -0.39 is 10.0 Å². The molecule has 5 nitrogen and oxygen atoms in total. The van der Waals surface area contributed by atoms with E-state index in [1.807, 2.05) is 0 Å². The number of nitrogens with zero attached hydrogens (tertiary/aromatic N) is 1. The molecule has 130 valence electrons. The summed E-state index contributed by atoms with van der Waals surface area (Å²) in [6.07, 6.45) is 0. The van der Waals surface area contributed by atoms with Gasteiger partial charge in [-0.2, -0.15) is 4.31 Å². The van der Waals surface area contributed by atoms with E-state index >= 15 is 0 Å². The van der Waals surface area contributed by atoms with Crippen molar-refractivity contribution in [3.63, 3.8) is 0 Å². The quantitative estimate of drug-likeness (QED) is 0.765. The summed E-state index contributed by atoms with van der Waals surface area (Å²) in [5, 5.41) is 3.32. The fourth-order valence-electron chi connectivity index (χ4n) is 1.95. The van der Waals surface area contributed by atoms with E-state index in [9.17, 15) is 13.2 Å². The van der Waals surface area contributed by atoms with Crippen LogP contribution >= 0.6 is 34.5 Å². The molecule has 0 bridgehead atoms. The van der Waals surface area contributed by atoms with Crippen LogP contribution in [0.4, 0.5) is 0 Å². The van der Waals surface area contributed by atoms with Crippen molar-refractivity contribution in [3.8, 4) is 0 Å². The number of likely N-dealkylation sites (N-methyl/N-ethyl adjacent to an activating group) is 1. The lowest BCUT2D eigenvalue weighted by Crippen LogP contribution is -2.40. The molecule has 1 amide bonds. The van der Waals surface area contributed by atoms with E-state index in [-0.39, 0.29) is 23.2 Å². The zero-order valence-corrected chi connectivity index (χ0v) is 16.0. The Morgan fingerprint density at radius 1 is 1.17 bits per heavy atom. The van der Waals surface area contributed by atoms with Crippen LogP contribution in [-0.4, -0.2) is 31.7 Å². The van der Waals surface area contributed by atoms with Crippen molar-refractivity contribution >= 4 is 50.5 Å². The van der Waals surface area contributed by atoms with Crippen molar-refractivity contribution in [2.45, 2.75) is 17.7 Å². The minimum absolute atomic E-state index is 0.125. The van der Waals surface area contributed by atoms with Crippen LogP contribution in [0.3, 0.4) is 0 Å². The lowest BCUT2D eigenvalue weighted by molar-refractivity contribution is -0.121. The minimum Gasteiger partial charge on any atom is -0.351 e. The Balaban J connectivity index is 1.99. The van der Waals surface area contributed by atoms with Crippen molar-refractivity contribution in [1.82, 2.24) is 9.62 Å². The summed E-state index contributed by atoms with van der Waals surface area (Å²) in [5.41, 5.74) is 0.878. The van der Waals surface area contributed by atoms with Crippen molar-refractivity contribution in [1.29, 1.82) is 0 Å². The van der Waals surface area contributed by atoms with E-state index in [4.69, 9.17) is 23.2 Å². The van der Waals surface area contributed by atoms with Crippen LogP contribution in [-0.2, 0) is 21.4 Å². The molecular formula is C15H16Cl2N2O3S2. The molecule has 1 heterocycles. The number of benzene rings is 1. The highest BCUT2D eigenvalue weighted by atomic mass is 35.5. The SMILES string of the molecule is CCN(CC(=O)NCc1ccc(Cl)cc1)S(=O)(=O)c1ccc(Cl)s1. The topological polar surface area (TPSA) is 66.5 Å². The zero-order valence-electron chi connectivity index (χ0n) is 12.8. The Labute approximate surface area is 155 Å². The Morgan fingerprint density at radius 3 is 2.38 bits per heavy atom. The van der Waals surface area contributed by atoms with Crippen LogP contribution in [0.2, 0.25) is 9.36 Å². The van der Waals surface area contributed by atoms with Crippen LogP contribution in [0.15, 0.2) is 40.6 Å². The number of nitrogens with one attached hydrogen (secondary N) is 1. The molecule has 0 aliphatic heterocycles. The van der Waals surface area contributed by atoms with Crippen LogP contribution < -0.4 is 5.32 Å². The third-order valence-corrected chi connectivity index (χ3v) is 7.09. The highest BCUT2D eigenvalue weighted by molar-refractivity contribution is 7.91. The molecule has 0 fully saturated rings. The number of rotatable bonds is 7. The summed E-state index contributed by atoms with van der Waals surface area (Å²) in [4.78, 5) is 12.1. The van der Waals surface area contributed by atoms with E-state index in [2.05, 4.69) is 5.32 Å². The van der Waals surface area contributed by atoms with Gasteiger partial charge in [-0.1, -0.05) is 42.3 Å². The monoisotopic (exact) mass is 406 g/mol. The fraction of sp³-hybridized carbons (Fsp3) is 0.267. The third-order valence-electron chi connectivity index (χ3n) is 3.22. The summed E-state index contributed by atoms with van der Waals surface area (Å²) >= 11 is 12.6. The maximum atomic E-state index is 12.5. The minimum atomic E-state index is -3.72. The second-order valence-electron chi connectivity index (χ2n) is 4.89. The smallest absolute Gasteiger partial charge is 0.253 e. The third kappa shape index (κ3) is 4.94. The van der Waals surface area contributed by atoms with Gasteiger partial charge in [-0.15, -0.1) is 11.3 Å². The summed E-state index contributed by atoms with van der Waals surface area (Å²) in [6.45, 7) is 1.92. The Hall–Kier alpha value is -1.12. The molecular weight excluding hydrogens is 391 g/mol. The van der Waals surface area contributed by atoms with Crippen molar-refractivity contribution in [2.24, 2.45) is 0 Å². The lowest BCUT2D eigenvalue weighted by Gasteiger charge is -2.19. The van der Waals surface area contributed by atoms with Gasteiger partial charge >= 0.3 is 0 Å². The summed E-state index contributed by atoms with van der Waals surface area (Å²) in [7, 11) is -3.72. The van der Waals surface area contributed by atoms with Gasteiger partial charge in [0.1, 0.15) is 4.21 Å².